The van der Waals surface area contributed by atoms with Gasteiger partial charge in [-0.25, -0.2) is 8.78 Å². The molecule has 1 N–H and O–H groups in total. The number of hydrogen-bond acceptors (Lipinski definition) is 1. The number of halogens is 3. The molecule has 0 aromatic heterocycles. The van der Waals surface area contributed by atoms with E-state index in [1.807, 2.05) is 6.92 Å². The van der Waals surface area contributed by atoms with Gasteiger partial charge < -0.3 is 5.32 Å². The first-order valence-corrected chi connectivity index (χ1v) is 5.86. The Balaban J connectivity index is 2.43. The van der Waals surface area contributed by atoms with Crippen molar-refractivity contribution in [3.05, 3.63) is 35.4 Å². The molecule has 0 bridgehead atoms. The Hall–Kier alpha value is -0.670. The van der Waals surface area contributed by atoms with Gasteiger partial charge in [0, 0.05) is 24.0 Å². The molecular weight excluding hydrogens is 232 g/mol. The van der Waals surface area contributed by atoms with Gasteiger partial charge in [-0.15, -0.1) is 11.6 Å². The summed E-state index contributed by atoms with van der Waals surface area (Å²) in [5, 5.41) is 2.97. The smallest absolute Gasteiger partial charge is 0.130 e. The quantitative estimate of drug-likeness (QED) is 0.759. The van der Waals surface area contributed by atoms with Crippen LogP contribution in [-0.2, 0) is 6.54 Å². The van der Waals surface area contributed by atoms with Gasteiger partial charge in [-0.05, 0) is 18.6 Å². The standard InChI is InChI=1S/C12H16ClF2N/c1-2-4-9(13)7-16-8-10-11(14)5-3-6-12(10)15/h3,5-6,9,16H,2,4,7-8H2,1H3. The average Bonchev–Trinajstić information content (AvgIpc) is 2.23. The first-order valence-electron chi connectivity index (χ1n) is 5.42. The molecule has 0 spiro atoms. The maximum Gasteiger partial charge on any atom is 0.130 e. The highest BCUT2D eigenvalue weighted by Crippen LogP contribution is 2.11. The molecule has 0 aliphatic carbocycles. The molecule has 0 saturated carbocycles. The van der Waals surface area contributed by atoms with Crippen molar-refractivity contribution in [3.63, 3.8) is 0 Å². The summed E-state index contributed by atoms with van der Waals surface area (Å²) >= 11 is 5.98. The minimum Gasteiger partial charge on any atom is -0.311 e. The van der Waals surface area contributed by atoms with Crippen molar-refractivity contribution in [2.24, 2.45) is 0 Å². The van der Waals surface area contributed by atoms with Crippen molar-refractivity contribution < 1.29 is 8.78 Å². The van der Waals surface area contributed by atoms with Crippen molar-refractivity contribution >= 4 is 11.6 Å². The Morgan fingerprint density at radius 1 is 1.31 bits per heavy atom. The zero-order valence-corrected chi connectivity index (χ0v) is 10.0. The second kappa shape index (κ2) is 6.81. The molecule has 4 heteroatoms. The van der Waals surface area contributed by atoms with Crippen LogP contribution in [0, 0.1) is 11.6 Å². The molecule has 0 aliphatic rings. The van der Waals surface area contributed by atoms with E-state index in [0.29, 0.717) is 6.54 Å². The lowest BCUT2D eigenvalue weighted by Crippen LogP contribution is -2.23. The zero-order valence-electron chi connectivity index (χ0n) is 9.27. The van der Waals surface area contributed by atoms with Gasteiger partial charge in [0.1, 0.15) is 11.6 Å². The number of nitrogens with one attached hydrogen (secondary N) is 1. The Kier molecular flexibility index (Phi) is 5.71. The molecule has 1 atom stereocenters. The summed E-state index contributed by atoms with van der Waals surface area (Å²) in [6.45, 7) is 2.78. The number of alkyl halides is 1. The van der Waals surface area contributed by atoms with Crippen LogP contribution in [0.5, 0.6) is 0 Å². The van der Waals surface area contributed by atoms with Crippen molar-refractivity contribution in [3.8, 4) is 0 Å². The van der Waals surface area contributed by atoms with Gasteiger partial charge in [-0.3, -0.25) is 0 Å². The summed E-state index contributed by atoms with van der Waals surface area (Å²) in [7, 11) is 0. The molecule has 0 amide bonds. The van der Waals surface area contributed by atoms with Gasteiger partial charge in [0.05, 0.1) is 0 Å². The van der Waals surface area contributed by atoms with E-state index in [-0.39, 0.29) is 17.5 Å². The average molecular weight is 248 g/mol. The second-order valence-electron chi connectivity index (χ2n) is 3.72. The molecule has 0 radical (unpaired) electrons. The molecule has 1 nitrogen and oxygen atoms in total. The summed E-state index contributed by atoms with van der Waals surface area (Å²) < 4.78 is 26.4. The van der Waals surface area contributed by atoms with Crippen molar-refractivity contribution in [2.45, 2.75) is 31.7 Å². The van der Waals surface area contributed by atoms with Crippen molar-refractivity contribution in [1.82, 2.24) is 5.32 Å². The topological polar surface area (TPSA) is 12.0 Å². The summed E-state index contributed by atoms with van der Waals surface area (Å²) in [5.74, 6) is -1.04. The van der Waals surface area contributed by atoms with Gasteiger partial charge in [-0.1, -0.05) is 19.4 Å². The van der Waals surface area contributed by atoms with Crippen LogP contribution >= 0.6 is 11.6 Å². The van der Waals surface area contributed by atoms with E-state index >= 15 is 0 Å². The lowest BCUT2D eigenvalue weighted by molar-refractivity contribution is 0.530. The van der Waals surface area contributed by atoms with Gasteiger partial charge >= 0.3 is 0 Å². The summed E-state index contributed by atoms with van der Waals surface area (Å²) in [6, 6.07) is 3.87. The lowest BCUT2D eigenvalue weighted by atomic mass is 10.2. The van der Waals surface area contributed by atoms with E-state index in [9.17, 15) is 8.78 Å². The molecule has 16 heavy (non-hydrogen) atoms. The second-order valence-corrected chi connectivity index (χ2v) is 4.33. The van der Waals surface area contributed by atoms with Crippen LogP contribution in [0.15, 0.2) is 18.2 Å². The van der Waals surface area contributed by atoms with Crippen LogP contribution in [-0.4, -0.2) is 11.9 Å². The molecule has 0 fully saturated rings. The van der Waals surface area contributed by atoms with Crippen LogP contribution in [0.1, 0.15) is 25.3 Å². The third kappa shape index (κ3) is 4.06. The predicted octanol–water partition coefficient (Wildman–Crippen LogP) is 3.46. The molecule has 1 unspecified atom stereocenters. The maximum absolute atomic E-state index is 13.2. The number of rotatable bonds is 6. The van der Waals surface area contributed by atoms with Gasteiger partial charge in [-0.2, -0.15) is 0 Å². The Labute approximate surface area is 99.8 Å². The first kappa shape index (κ1) is 13.4. The fourth-order valence-corrected chi connectivity index (χ4v) is 1.80. The highest BCUT2D eigenvalue weighted by molar-refractivity contribution is 6.20. The summed E-state index contributed by atoms with van der Waals surface area (Å²) in [5.41, 5.74) is 0.0721. The molecule has 0 aliphatic heterocycles. The summed E-state index contributed by atoms with van der Waals surface area (Å²) in [6.07, 6.45) is 1.90. The number of benzene rings is 1. The lowest BCUT2D eigenvalue weighted by Gasteiger charge is -2.10. The van der Waals surface area contributed by atoms with E-state index in [0.717, 1.165) is 12.8 Å². The Morgan fingerprint density at radius 3 is 2.50 bits per heavy atom. The maximum atomic E-state index is 13.2. The minimum atomic E-state index is -0.519. The van der Waals surface area contributed by atoms with Gasteiger partial charge in [0.25, 0.3) is 0 Å². The third-order valence-electron chi connectivity index (χ3n) is 2.33. The van der Waals surface area contributed by atoms with Crippen LogP contribution < -0.4 is 5.32 Å². The van der Waals surface area contributed by atoms with Gasteiger partial charge in [0.15, 0.2) is 0 Å². The van der Waals surface area contributed by atoms with E-state index in [1.54, 1.807) is 0 Å². The molecule has 0 saturated heterocycles. The molecule has 0 heterocycles. The zero-order chi connectivity index (χ0) is 12.0. The Morgan fingerprint density at radius 2 is 1.94 bits per heavy atom. The van der Waals surface area contributed by atoms with Gasteiger partial charge in [0.2, 0.25) is 0 Å². The fourth-order valence-electron chi connectivity index (χ4n) is 1.47. The summed E-state index contributed by atoms with van der Waals surface area (Å²) in [4.78, 5) is 0. The van der Waals surface area contributed by atoms with E-state index in [1.165, 1.54) is 18.2 Å². The van der Waals surface area contributed by atoms with Crippen LogP contribution in [0.25, 0.3) is 0 Å². The SMILES string of the molecule is CCCC(Cl)CNCc1c(F)cccc1F. The molecule has 1 rings (SSSR count). The highest BCUT2D eigenvalue weighted by atomic mass is 35.5. The molecule has 90 valence electrons. The monoisotopic (exact) mass is 247 g/mol. The van der Waals surface area contributed by atoms with E-state index in [2.05, 4.69) is 5.32 Å². The van der Waals surface area contributed by atoms with Crippen LogP contribution in [0.2, 0.25) is 0 Å². The molecule has 1 aromatic rings. The molecule has 1 aromatic carbocycles. The van der Waals surface area contributed by atoms with Crippen molar-refractivity contribution in [1.29, 1.82) is 0 Å². The van der Waals surface area contributed by atoms with Crippen LogP contribution in [0.3, 0.4) is 0 Å². The molecular formula is C12H16ClF2N. The minimum absolute atomic E-state index is 0.0137. The number of hydrogen-bond donors (Lipinski definition) is 1. The van der Waals surface area contributed by atoms with Crippen molar-refractivity contribution in [2.75, 3.05) is 6.54 Å². The highest BCUT2D eigenvalue weighted by Gasteiger charge is 2.08. The largest absolute Gasteiger partial charge is 0.311 e. The van der Waals surface area contributed by atoms with E-state index in [4.69, 9.17) is 11.6 Å². The van der Waals surface area contributed by atoms with Crippen LogP contribution in [0.4, 0.5) is 8.78 Å². The third-order valence-corrected chi connectivity index (χ3v) is 2.70. The first-order chi connectivity index (χ1) is 7.65. The van der Waals surface area contributed by atoms with E-state index < -0.39 is 11.6 Å². The Bertz CT molecular complexity index is 311. The normalized spacial score (nSPS) is 12.8. The fraction of sp³-hybridized carbons (Fsp3) is 0.500. The predicted molar refractivity (Wildman–Crippen MR) is 62.6 cm³/mol.